The summed E-state index contributed by atoms with van der Waals surface area (Å²) in [5, 5.41) is 8.43. The number of hydrogen-bond acceptors (Lipinski definition) is 5. The summed E-state index contributed by atoms with van der Waals surface area (Å²) in [5.74, 6) is -0.115. The molecule has 0 radical (unpaired) electrons. The Hall–Kier alpha value is -2.19. The zero-order chi connectivity index (χ0) is 18.5. The predicted octanol–water partition coefficient (Wildman–Crippen LogP) is 2.70. The number of benzene rings is 1. The van der Waals surface area contributed by atoms with Gasteiger partial charge < -0.3 is 5.32 Å². The van der Waals surface area contributed by atoms with Gasteiger partial charge in [-0.25, -0.2) is 13.1 Å². The third kappa shape index (κ3) is 3.03. The molecule has 4 rings (SSSR count). The molecule has 0 bridgehead atoms. The van der Waals surface area contributed by atoms with Crippen LogP contribution in [0.4, 0.5) is 0 Å². The molecule has 1 atom stereocenters. The van der Waals surface area contributed by atoms with E-state index in [-0.39, 0.29) is 17.4 Å². The minimum Gasteiger partial charge on any atom is -0.345 e. The highest BCUT2D eigenvalue weighted by atomic mass is 32.2. The van der Waals surface area contributed by atoms with Crippen molar-refractivity contribution in [2.24, 2.45) is 0 Å². The standard InChI is InChI=1S/C18H19N3O3S2/c1-12-14-10-15(16(22)19-18(2)8-9-26(23,24)11-18)25-17(14)21(20-12)13-6-4-3-5-7-13/h3-7,10H,8-9,11H2,1-2H3,(H,19,22)/t18-/m1/s1. The van der Waals surface area contributed by atoms with Gasteiger partial charge in [0.2, 0.25) is 0 Å². The molecule has 0 unspecified atom stereocenters. The van der Waals surface area contributed by atoms with Crippen LogP contribution in [0.1, 0.15) is 28.7 Å². The Bertz CT molecular complexity index is 1100. The smallest absolute Gasteiger partial charge is 0.261 e. The number of para-hydroxylation sites is 1. The Kier molecular flexibility index (Phi) is 3.92. The Morgan fingerprint density at radius 3 is 2.69 bits per heavy atom. The molecule has 1 aliphatic rings. The summed E-state index contributed by atoms with van der Waals surface area (Å²) in [6.45, 7) is 3.71. The van der Waals surface area contributed by atoms with Crippen LogP contribution >= 0.6 is 11.3 Å². The van der Waals surface area contributed by atoms with Crippen molar-refractivity contribution in [2.75, 3.05) is 11.5 Å². The summed E-state index contributed by atoms with van der Waals surface area (Å²) < 4.78 is 25.3. The molecule has 0 spiro atoms. The number of amides is 1. The number of carbonyl (C=O) groups excluding carboxylic acids is 1. The summed E-state index contributed by atoms with van der Waals surface area (Å²) in [6.07, 6.45) is 0.447. The number of nitrogens with zero attached hydrogens (tertiary/aromatic N) is 2. The molecule has 1 amide bonds. The van der Waals surface area contributed by atoms with Gasteiger partial charge in [0.05, 0.1) is 33.3 Å². The molecule has 1 fully saturated rings. The van der Waals surface area contributed by atoms with E-state index >= 15 is 0 Å². The molecule has 3 heterocycles. The molecule has 136 valence electrons. The molecule has 3 aromatic rings. The average molecular weight is 390 g/mol. The number of thiophene rings is 1. The minimum atomic E-state index is -3.07. The fourth-order valence-electron chi connectivity index (χ4n) is 3.35. The molecule has 1 aliphatic heterocycles. The van der Waals surface area contributed by atoms with E-state index in [1.54, 1.807) is 6.92 Å². The second kappa shape index (κ2) is 5.92. The molecule has 6 nitrogen and oxygen atoms in total. The van der Waals surface area contributed by atoms with E-state index in [4.69, 9.17) is 0 Å². The van der Waals surface area contributed by atoms with Crippen LogP contribution in [0, 0.1) is 6.92 Å². The lowest BCUT2D eigenvalue weighted by atomic mass is 10.0. The van der Waals surface area contributed by atoms with Crippen molar-refractivity contribution in [3.05, 3.63) is 47.0 Å². The van der Waals surface area contributed by atoms with E-state index in [0.29, 0.717) is 11.3 Å². The van der Waals surface area contributed by atoms with Gasteiger partial charge in [0.1, 0.15) is 4.83 Å². The van der Waals surface area contributed by atoms with Crippen LogP contribution in [-0.4, -0.2) is 41.2 Å². The van der Waals surface area contributed by atoms with Crippen LogP contribution in [0.3, 0.4) is 0 Å². The predicted molar refractivity (Wildman–Crippen MR) is 103 cm³/mol. The van der Waals surface area contributed by atoms with Gasteiger partial charge in [-0.05, 0) is 38.5 Å². The molecule has 1 aromatic carbocycles. The van der Waals surface area contributed by atoms with E-state index in [0.717, 1.165) is 21.6 Å². The Morgan fingerprint density at radius 2 is 2.04 bits per heavy atom. The van der Waals surface area contributed by atoms with Crippen LogP contribution < -0.4 is 5.32 Å². The van der Waals surface area contributed by atoms with Crippen molar-refractivity contribution in [3.8, 4) is 5.69 Å². The first-order valence-corrected chi connectivity index (χ1v) is 11.0. The number of rotatable bonds is 3. The highest BCUT2D eigenvalue weighted by molar-refractivity contribution is 7.91. The molecule has 1 N–H and O–H groups in total. The van der Waals surface area contributed by atoms with Crippen LogP contribution in [0.5, 0.6) is 0 Å². The summed E-state index contributed by atoms with van der Waals surface area (Å²) in [5.41, 5.74) is 1.09. The van der Waals surface area contributed by atoms with Crippen molar-refractivity contribution in [3.63, 3.8) is 0 Å². The Balaban J connectivity index is 1.67. The quantitative estimate of drug-likeness (QED) is 0.747. The molecule has 0 aliphatic carbocycles. The number of carbonyl (C=O) groups is 1. The van der Waals surface area contributed by atoms with Gasteiger partial charge in [-0.2, -0.15) is 5.10 Å². The van der Waals surface area contributed by atoms with Crippen molar-refractivity contribution < 1.29 is 13.2 Å². The molecule has 2 aromatic heterocycles. The van der Waals surface area contributed by atoms with Crippen LogP contribution in [0.15, 0.2) is 36.4 Å². The van der Waals surface area contributed by atoms with Gasteiger partial charge in [-0.15, -0.1) is 11.3 Å². The summed E-state index contributed by atoms with van der Waals surface area (Å²) in [4.78, 5) is 14.2. The van der Waals surface area contributed by atoms with Gasteiger partial charge in [0.25, 0.3) is 5.91 Å². The third-order valence-electron chi connectivity index (χ3n) is 4.69. The molecule has 8 heteroatoms. The lowest BCUT2D eigenvalue weighted by molar-refractivity contribution is 0.0919. The SMILES string of the molecule is Cc1nn(-c2ccccc2)c2sc(C(=O)N[C@]3(C)CCS(=O)(=O)C3)cc12. The van der Waals surface area contributed by atoms with E-state index < -0.39 is 15.4 Å². The maximum Gasteiger partial charge on any atom is 0.261 e. The van der Waals surface area contributed by atoms with Gasteiger partial charge in [0, 0.05) is 5.39 Å². The van der Waals surface area contributed by atoms with Gasteiger partial charge in [-0.3, -0.25) is 4.79 Å². The van der Waals surface area contributed by atoms with Gasteiger partial charge in [-0.1, -0.05) is 18.2 Å². The largest absolute Gasteiger partial charge is 0.345 e. The maximum absolute atomic E-state index is 12.7. The highest BCUT2D eigenvalue weighted by Gasteiger charge is 2.39. The first kappa shape index (κ1) is 17.2. The number of aromatic nitrogens is 2. The minimum absolute atomic E-state index is 0.00649. The van der Waals surface area contributed by atoms with Crippen molar-refractivity contribution >= 4 is 37.3 Å². The highest BCUT2D eigenvalue weighted by Crippen LogP contribution is 2.31. The maximum atomic E-state index is 12.7. The Morgan fingerprint density at radius 1 is 1.31 bits per heavy atom. The lowest BCUT2D eigenvalue weighted by Gasteiger charge is -2.23. The molecule has 0 saturated carbocycles. The average Bonchev–Trinajstić information content (AvgIpc) is 3.22. The van der Waals surface area contributed by atoms with Crippen LogP contribution in [0.2, 0.25) is 0 Å². The number of nitrogens with one attached hydrogen (secondary N) is 1. The van der Waals surface area contributed by atoms with Crippen LogP contribution in [0.25, 0.3) is 15.9 Å². The topological polar surface area (TPSA) is 81.1 Å². The normalized spacial score (nSPS) is 21.9. The fourth-order valence-corrected chi connectivity index (χ4v) is 6.52. The third-order valence-corrected chi connectivity index (χ3v) is 7.70. The van der Waals surface area contributed by atoms with E-state index in [1.807, 2.05) is 48.0 Å². The van der Waals surface area contributed by atoms with E-state index in [1.165, 1.54) is 11.3 Å². The second-order valence-electron chi connectivity index (χ2n) is 7.02. The zero-order valence-electron chi connectivity index (χ0n) is 14.5. The van der Waals surface area contributed by atoms with Crippen molar-refractivity contribution in [2.45, 2.75) is 25.8 Å². The van der Waals surface area contributed by atoms with Gasteiger partial charge in [0.15, 0.2) is 9.84 Å². The first-order chi connectivity index (χ1) is 12.3. The molecular weight excluding hydrogens is 370 g/mol. The summed E-state index contributed by atoms with van der Waals surface area (Å²) in [7, 11) is -3.07. The number of sulfone groups is 1. The molecule has 1 saturated heterocycles. The van der Waals surface area contributed by atoms with E-state index in [9.17, 15) is 13.2 Å². The number of hydrogen-bond donors (Lipinski definition) is 1. The van der Waals surface area contributed by atoms with Crippen LogP contribution in [-0.2, 0) is 9.84 Å². The Labute approximate surface area is 155 Å². The fraction of sp³-hybridized carbons (Fsp3) is 0.333. The monoisotopic (exact) mass is 389 g/mol. The zero-order valence-corrected chi connectivity index (χ0v) is 16.2. The number of aryl methyl sites for hydroxylation is 1. The lowest BCUT2D eigenvalue weighted by Crippen LogP contribution is -2.46. The van der Waals surface area contributed by atoms with Crippen molar-refractivity contribution in [1.29, 1.82) is 0 Å². The molecule has 26 heavy (non-hydrogen) atoms. The summed E-state index contributed by atoms with van der Waals surface area (Å²) in [6, 6.07) is 11.6. The first-order valence-electron chi connectivity index (χ1n) is 8.34. The van der Waals surface area contributed by atoms with E-state index in [2.05, 4.69) is 10.4 Å². The second-order valence-corrected chi connectivity index (χ2v) is 10.2. The summed E-state index contributed by atoms with van der Waals surface area (Å²) >= 11 is 1.37. The van der Waals surface area contributed by atoms with Crippen molar-refractivity contribution in [1.82, 2.24) is 15.1 Å². The van der Waals surface area contributed by atoms with Gasteiger partial charge >= 0.3 is 0 Å². The number of fused-ring (bicyclic) bond motifs is 1. The molecular formula is C18H19N3O3S2.